The maximum Gasteiger partial charge on any atom is 0.160 e. The van der Waals surface area contributed by atoms with E-state index in [1.165, 1.54) is 12.3 Å². The van der Waals surface area contributed by atoms with Gasteiger partial charge in [0.1, 0.15) is 11.6 Å². The summed E-state index contributed by atoms with van der Waals surface area (Å²) in [6, 6.07) is 4.97. The number of halogens is 1. The summed E-state index contributed by atoms with van der Waals surface area (Å²) >= 11 is 0. The number of aryl methyl sites for hydroxylation is 2. The van der Waals surface area contributed by atoms with Crippen molar-refractivity contribution in [2.24, 2.45) is 0 Å². The van der Waals surface area contributed by atoms with E-state index in [-0.39, 0.29) is 5.82 Å². The van der Waals surface area contributed by atoms with Crippen LogP contribution < -0.4 is 5.32 Å². The van der Waals surface area contributed by atoms with Gasteiger partial charge in [0.2, 0.25) is 0 Å². The lowest BCUT2D eigenvalue weighted by Crippen LogP contribution is -2.07. The molecule has 6 heteroatoms. The van der Waals surface area contributed by atoms with Crippen molar-refractivity contribution in [3.05, 3.63) is 53.4 Å². The molecule has 3 aromatic rings. The van der Waals surface area contributed by atoms with Gasteiger partial charge in [-0.25, -0.2) is 9.37 Å². The minimum atomic E-state index is -0.335. The third-order valence-electron chi connectivity index (χ3n) is 3.02. The molecule has 0 aliphatic rings. The number of pyridine rings is 1. The molecule has 0 bridgehead atoms. The van der Waals surface area contributed by atoms with Gasteiger partial charge >= 0.3 is 0 Å². The molecule has 0 saturated carbocycles. The highest BCUT2D eigenvalue weighted by atomic mass is 19.1. The van der Waals surface area contributed by atoms with Gasteiger partial charge in [-0.3, -0.25) is 4.98 Å². The molecule has 3 heterocycles. The van der Waals surface area contributed by atoms with Crippen molar-refractivity contribution in [2.75, 3.05) is 5.32 Å². The average molecular weight is 271 g/mol. The van der Waals surface area contributed by atoms with Crippen LogP contribution in [0.4, 0.5) is 10.2 Å². The molecule has 20 heavy (non-hydrogen) atoms. The van der Waals surface area contributed by atoms with E-state index < -0.39 is 0 Å². The molecule has 0 radical (unpaired) electrons. The Bertz CT molecular complexity index is 748. The molecule has 0 aliphatic heterocycles. The summed E-state index contributed by atoms with van der Waals surface area (Å²) in [5.41, 5.74) is 3.53. The summed E-state index contributed by atoms with van der Waals surface area (Å²) in [7, 11) is 0. The Morgan fingerprint density at radius 3 is 2.85 bits per heavy atom. The fourth-order valence-electron chi connectivity index (χ4n) is 2.01. The first-order chi connectivity index (χ1) is 9.63. The summed E-state index contributed by atoms with van der Waals surface area (Å²) in [5, 5.41) is 7.55. The van der Waals surface area contributed by atoms with Gasteiger partial charge < -0.3 is 5.32 Å². The maximum absolute atomic E-state index is 12.8. The SMILES string of the molecule is Cc1cc(NCc2ccc(F)cn2)n2ncc(C)c2n1. The van der Waals surface area contributed by atoms with Crippen LogP contribution in [0.15, 0.2) is 30.6 Å². The van der Waals surface area contributed by atoms with Gasteiger partial charge in [0.05, 0.1) is 24.6 Å². The molecular formula is C14H14FN5. The maximum atomic E-state index is 12.8. The normalized spacial score (nSPS) is 10.9. The second kappa shape index (κ2) is 4.88. The summed E-state index contributed by atoms with van der Waals surface area (Å²) in [6.45, 7) is 4.41. The summed E-state index contributed by atoms with van der Waals surface area (Å²) < 4.78 is 14.6. The molecule has 1 N–H and O–H groups in total. The van der Waals surface area contributed by atoms with Gasteiger partial charge in [-0.05, 0) is 26.0 Å². The second-order valence-corrected chi connectivity index (χ2v) is 4.67. The number of nitrogens with one attached hydrogen (secondary N) is 1. The molecule has 102 valence electrons. The van der Waals surface area contributed by atoms with Crippen LogP contribution in [-0.4, -0.2) is 19.6 Å². The Morgan fingerprint density at radius 1 is 1.25 bits per heavy atom. The molecule has 0 aliphatic carbocycles. The predicted octanol–water partition coefficient (Wildman–Crippen LogP) is 2.49. The lowest BCUT2D eigenvalue weighted by atomic mass is 10.3. The minimum absolute atomic E-state index is 0.335. The Hall–Kier alpha value is -2.50. The van der Waals surface area contributed by atoms with Gasteiger partial charge in [0, 0.05) is 17.3 Å². The zero-order valence-electron chi connectivity index (χ0n) is 11.3. The van der Waals surface area contributed by atoms with Gasteiger partial charge in [0.15, 0.2) is 5.65 Å². The zero-order valence-corrected chi connectivity index (χ0v) is 11.3. The molecular weight excluding hydrogens is 257 g/mol. The molecule has 0 fully saturated rings. The number of aromatic nitrogens is 4. The van der Waals surface area contributed by atoms with Crippen LogP contribution >= 0.6 is 0 Å². The van der Waals surface area contributed by atoms with Crippen molar-refractivity contribution in [1.29, 1.82) is 0 Å². The molecule has 0 aromatic carbocycles. The number of hydrogen-bond donors (Lipinski definition) is 1. The standard InChI is InChI=1S/C14H14FN5/c1-9-6-18-20-13(5-10(2)19-14(9)20)17-8-12-4-3-11(15)7-16-12/h3-7,17H,8H2,1-2H3. The largest absolute Gasteiger partial charge is 0.364 e. The lowest BCUT2D eigenvalue weighted by Gasteiger charge is -2.09. The highest BCUT2D eigenvalue weighted by Gasteiger charge is 2.07. The highest BCUT2D eigenvalue weighted by Crippen LogP contribution is 2.15. The van der Waals surface area contributed by atoms with E-state index >= 15 is 0 Å². The van der Waals surface area contributed by atoms with Crippen molar-refractivity contribution in [1.82, 2.24) is 19.6 Å². The van der Waals surface area contributed by atoms with Crippen LogP contribution in [0.3, 0.4) is 0 Å². The molecule has 5 nitrogen and oxygen atoms in total. The van der Waals surface area contributed by atoms with Crippen LogP contribution in [0.25, 0.3) is 5.65 Å². The van der Waals surface area contributed by atoms with Crippen LogP contribution in [0, 0.1) is 19.7 Å². The molecule has 0 spiro atoms. The predicted molar refractivity (Wildman–Crippen MR) is 74.0 cm³/mol. The Labute approximate surface area is 115 Å². The Kier molecular flexibility index (Phi) is 3.06. The van der Waals surface area contributed by atoms with Crippen molar-refractivity contribution in [2.45, 2.75) is 20.4 Å². The third kappa shape index (κ3) is 2.32. The number of rotatable bonds is 3. The average Bonchev–Trinajstić information content (AvgIpc) is 2.80. The Morgan fingerprint density at radius 2 is 2.10 bits per heavy atom. The molecule has 0 amide bonds. The first-order valence-corrected chi connectivity index (χ1v) is 6.30. The van der Waals surface area contributed by atoms with Gasteiger partial charge in [0.25, 0.3) is 0 Å². The van der Waals surface area contributed by atoms with Gasteiger partial charge in [-0.15, -0.1) is 0 Å². The Balaban J connectivity index is 1.89. The quantitative estimate of drug-likeness (QED) is 0.795. The first kappa shape index (κ1) is 12.5. The zero-order chi connectivity index (χ0) is 14.1. The summed E-state index contributed by atoms with van der Waals surface area (Å²) in [6.07, 6.45) is 2.99. The van der Waals surface area contributed by atoms with E-state index in [1.807, 2.05) is 19.9 Å². The van der Waals surface area contributed by atoms with E-state index in [2.05, 4.69) is 20.4 Å². The molecule has 3 rings (SSSR count). The van der Waals surface area contributed by atoms with E-state index in [0.717, 1.165) is 28.4 Å². The van der Waals surface area contributed by atoms with Crippen LogP contribution in [0.1, 0.15) is 17.0 Å². The summed E-state index contributed by atoms with van der Waals surface area (Å²) in [4.78, 5) is 8.48. The lowest BCUT2D eigenvalue weighted by molar-refractivity contribution is 0.619. The van der Waals surface area contributed by atoms with Crippen LogP contribution in [0.2, 0.25) is 0 Å². The molecule has 0 saturated heterocycles. The number of hydrogen-bond acceptors (Lipinski definition) is 4. The smallest absolute Gasteiger partial charge is 0.160 e. The second-order valence-electron chi connectivity index (χ2n) is 4.67. The van der Waals surface area contributed by atoms with E-state index in [0.29, 0.717) is 6.54 Å². The van der Waals surface area contributed by atoms with Crippen molar-refractivity contribution >= 4 is 11.5 Å². The van der Waals surface area contributed by atoms with Gasteiger partial charge in [-0.2, -0.15) is 9.61 Å². The molecule has 0 unspecified atom stereocenters. The minimum Gasteiger partial charge on any atom is -0.364 e. The summed E-state index contributed by atoms with van der Waals surface area (Å²) in [5.74, 6) is 0.505. The topological polar surface area (TPSA) is 55.1 Å². The van der Waals surface area contributed by atoms with E-state index in [1.54, 1.807) is 16.8 Å². The van der Waals surface area contributed by atoms with Crippen molar-refractivity contribution in [3.8, 4) is 0 Å². The monoisotopic (exact) mass is 271 g/mol. The number of anilines is 1. The van der Waals surface area contributed by atoms with E-state index in [4.69, 9.17) is 0 Å². The number of fused-ring (bicyclic) bond motifs is 1. The molecule has 3 aromatic heterocycles. The molecule has 0 atom stereocenters. The number of nitrogens with zero attached hydrogens (tertiary/aromatic N) is 4. The fourth-order valence-corrected chi connectivity index (χ4v) is 2.01. The van der Waals surface area contributed by atoms with E-state index in [9.17, 15) is 4.39 Å². The third-order valence-corrected chi connectivity index (χ3v) is 3.02. The highest BCUT2D eigenvalue weighted by molar-refractivity contribution is 5.53. The van der Waals surface area contributed by atoms with Gasteiger partial charge in [-0.1, -0.05) is 0 Å². The van der Waals surface area contributed by atoms with Crippen LogP contribution in [-0.2, 0) is 6.54 Å². The fraction of sp³-hybridized carbons (Fsp3) is 0.214. The van der Waals surface area contributed by atoms with Crippen molar-refractivity contribution < 1.29 is 4.39 Å². The van der Waals surface area contributed by atoms with Crippen LogP contribution in [0.5, 0.6) is 0 Å². The first-order valence-electron chi connectivity index (χ1n) is 6.30. The van der Waals surface area contributed by atoms with Crippen molar-refractivity contribution in [3.63, 3.8) is 0 Å².